The van der Waals surface area contributed by atoms with Gasteiger partial charge in [-0.15, -0.1) is 29.8 Å². The van der Waals surface area contributed by atoms with Crippen molar-refractivity contribution in [2.45, 2.75) is 88.0 Å². The fraction of sp³-hybridized carbons (Fsp3) is 0.415. The number of hydrogen-bond donors (Lipinski definition) is 1. The molecule has 3 aromatic carbocycles. The summed E-state index contributed by atoms with van der Waals surface area (Å²) >= 11 is 0. The van der Waals surface area contributed by atoms with Crippen LogP contribution in [0, 0.1) is 29.2 Å². The summed E-state index contributed by atoms with van der Waals surface area (Å²) in [5, 5.41) is 11.9. The number of rotatable bonds is 8. The van der Waals surface area contributed by atoms with Crippen LogP contribution < -0.4 is 0 Å². The Morgan fingerprint density at radius 1 is 0.844 bits per heavy atom. The first kappa shape index (κ1) is 36.4. The van der Waals surface area contributed by atoms with Crippen molar-refractivity contribution < 1.29 is 30.0 Å². The van der Waals surface area contributed by atoms with Crippen LogP contribution in [0.25, 0.3) is 44.3 Å². The molecule has 0 spiro atoms. The molecule has 1 aliphatic carbocycles. The zero-order chi connectivity index (χ0) is 32.2. The maximum Gasteiger partial charge on any atom is 0.159 e. The summed E-state index contributed by atoms with van der Waals surface area (Å²) in [4.78, 5) is 16.1. The second kappa shape index (κ2) is 15.5. The summed E-state index contributed by atoms with van der Waals surface area (Å²) in [5.74, 6) is 1.61. The van der Waals surface area contributed by atoms with Crippen LogP contribution >= 0.6 is 0 Å². The van der Waals surface area contributed by atoms with Gasteiger partial charge in [0.25, 0.3) is 0 Å². The smallest absolute Gasteiger partial charge is 0.159 e. The molecule has 4 heteroatoms. The van der Waals surface area contributed by atoms with E-state index in [-0.39, 0.29) is 37.1 Å². The Morgan fingerprint density at radius 3 is 2.18 bits per heavy atom. The third-order valence-corrected chi connectivity index (χ3v) is 7.61. The van der Waals surface area contributed by atoms with Crippen molar-refractivity contribution >= 4 is 16.6 Å². The van der Waals surface area contributed by atoms with Crippen molar-refractivity contribution in [1.82, 2.24) is 4.98 Å². The Labute approximate surface area is 284 Å². The van der Waals surface area contributed by atoms with Crippen molar-refractivity contribution in [2.24, 2.45) is 23.2 Å². The molecule has 0 saturated carbocycles. The molecule has 0 aliphatic heterocycles. The molecule has 45 heavy (non-hydrogen) atoms. The van der Waals surface area contributed by atoms with E-state index in [0.717, 1.165) is 24.1 Å². The molecular formula is C41H50IrNO2-. The quantitative estimate of drug-likeness (QED) is 0.0969. The number of pyridine rings is 1. The average Bonchev–Trinajstić information content (AvgIpc) is 3.01. The van der Waals surface area contributed by atoms with Gasteiger partial charge in [-0.2, -0.15) is 0 Å². The minimum Gasteiger partial charge on any atom is -0.512 e. The van der Waals surface area contributed by atoms with E-state index in [2.05, 4.69) is 89.2 Å². The number of aromatic nitrogens is 1. The van der Waals surface area contributed by atoms with Gasteiger partial charge in [0.15, 0.2) is 5.78 Å². The molecule has 5 rings (SSSR count). The predicted molar refractivity (Wildman–Crippen MR) is 187 cm³/mol. The van der Waals surface area contributed by atoms with E-state index in [1.54, 1.807) is 0 Å². The van der Waals surface area contributed by atoms with Gasteiger partial charge in [-0.3, -0.25) is 4.79 Å². The molecule has 0 atom stereocenters. The molecular weight excluding hydrogens is 731 g/mol. The second-order valence-corrected chi connectivity index (χ2v) is 14.9. The number of nitrogens with zero attached hydrogens (tertiary/aromatic N) is 1. The maximum atomic E-state index is 11.2. The summed E-state index contributed by atoms with van der Waals surface area (Å²) < 4.78 is 0. The fourth-order valence-corrected chi connectivity index (χ4v) is 6.12. The third-order valence-electron chi connectivity index (χ3n) is 7.61. The number of ketones is 1. The number of aliphatic hydroxyl groups is 1. The summed E-state index contributed by atoms with van der Waals surface area (Å²) in [6.07, 6.45) is 6.55. The average molecular weight is 781 g/mol. The fourth-order valence-electron chi connectivity index (χ4n) is 6.12. The van der Waals surface area contributed by atoms with Gasteiger partial charge in [-0.25, -0.2) is 0 Å². The second-order valence-electron chi connectivity index (χ2n) is 14.9. The van der Waals surface area contributed by atoms with Crippen molar-refractivity contribution in [2.75, 3.05) is 0 Å². The zero-order valence-corrected chi connectivity index (χ0v) is 30.9. The maximum absolute atomic E-state index is 11.2. The summed E-state index contributed by atoms with van der Waals surface area (Å²) in [5.41, 5.74) is 10.3. The standard InChI is InChI=1S/C30H30N.C11H20O2.Ir/c1-19(2)14-20-10-11-24-26(16-20)23-8-6-7-9-25(23)29-28-22(12-13-31-29)15-21(17-27(24)28)18-30(3,4)5;1-8(2)5-10(12)7-11(13)6-9(3)4;/h6-8,10-13,15-17,19H,14,18H2,1-5H3;7-9,12H,5-6H2,1-4H3;/q-1;;/b;10-7-;. The van der Waals surface area contributed by atoms with Crippen molar-refractivity contribution in [1.29, 1.82) is 0 Å². The summed E-state index contributed by atoms with van der Waals surface area (Å²) in [6.45, 7) is 19.5. The van der Waals surface area contributed by atoms with Crippen LogP contribution in [0.4, 0.5) is 0 Å². The predicted octanol–water partition coefficient (Wildman–Crippen LogP) is 11.2. The Kier molecular flexibility index (Phi) is 12.5. The normalized spacial score (nSPS) is 12.3. The minimum absolute atomic E-state index is 0. The van der Waals surface area contributed by atoms with E-state index in [1.807, 2.05) is 40.0 Å². The molecule has 241 valence electrons. The first-order valence-electron chi connectivity index (χ1n) is 16.2. The largest absolute Gasteiger partial charge is 0.512 e. The van der Waals surface area contributed by atoms with Gasteiger partial charge in [0, 0.05) is 45.2 Å². The number of aliphatic hydroxyl groups excluding tert-OH is 1. The van der Waals surface area contributed by atoms with Crippen LogP contribution in [0.3, 0.4) is 0 Å². The minimum atomic E-state index is 0. The molecule has 1 radical (unpaired) electrons. The van der Waals surface area contributed by atoms with E-state index in [4.69, 9.17) is 4.98 Å². The number of allylic oxidation sites excluding steroid dienone is 2. The SMILES string of the molecule is CC(C)CC(=O)/C=C(\O)CC(C)C.CC(C)Cc1ccc2c(c1)-c1ccc[c-]c1-c1nccc3cc(CC(C)(C)C)cc-2c13.[Ir]. The van der Waals surface area contributed by atoms with E-state index >= 15 is 0 Å². The molecule has 1 heterocycles. The van der Waals surface area contributed by atoms with E-state index in [1.165, 1.54) is 50.2 Å². The first-order chi connectivity index (χ1) is 20.7. The van der Waals surface area contributed by atoms with E-state index in [0.29, 0.717) is 30.6 Å². The van der Waals surface area contributed by atoms with Gasteiger partial charge in [-0.05, 0) is 80.8 Å². The number of carbonyl (C=O) groups excluding carboxylic acids is 1. The number of fused-ring (bicyclic) bond motifs is 5. The molecule has 0 amide bonds. The Bertz CT molecular complexity index is 1660. The monoisotopic (exact) mass is 781 g/mol. The Morgan fingerprint density at radius 2 is 1.53 bits per heavy atom. The zero-order valence-electron chi connectivity index (χ0n) is 28.5. The van der Waals surface area contributed by atoms with E-state index in [9.17, 15) is 9.90 Å². The van der Waals surface area contributed by atoms with Crippen LogP contribution in [0.2, 0.25) is 0 Å². The van der Waals surface area contributed by atoms with Crippen molar-refractivity contribution in [3.05, 3.63) is 89.8 Å². The van der Waals surface area contributed by atoms with Crippen LogP contribution in [-0.2, 0) is 37.7 Å². The summed E-state index contributed by atoms with van der Waals surface area (Å²) in [6, 6.07) is 23.8. The topological polar surface area (TPSA) is 50.2 Å². The van der Waals surface area contributed by atoms with Crippen LogP contribution in [-0.4, -0.2) is 15.9 Å². The van der Waals surface area contributed by atoms with Gasteiger partial charge in [-0.1, -0.05) is 104 Å². The molecule has 0 unspecified atom stereocenters. The van der Waals surface area contributed by atoms with Gasteiger partial charge in [0.1, 0.15) is 0 Å². The molecule has 3 nitrogen and oxygen atoms in total. The number of benzene rings is 3. The van der Waals surface area contributed by atoms with Crippen LogP contribution in [0.1, 0.15) is 86.3 Å². The van der Waals surface area contributed by atoms with Crippen LogP contribution in [0.15, 0.2) is 72.6 Å². The van der Waals surface area contributed by atoms with Crippen molar-refractivity contribution in [3.8, 4) is 33.5 Å². The molecule has 0 saturated heterocycles. The molecule has 0 bridgehead atoms. The molecule has 1 N–H and O–H groups in total. The number of carbonyl (C=O) groups is 1. The van der Waals surface area contributed by atoms with Crippen LogP contribution in [0.5, 0.6) is 0 Å². The Hall–Kier alpha value is -3.07. The van der Waals surface area contributed by atoms with E-state index < -0.39 is 0 Å². The van der Waals surface area contributed by atoms with Gasteiger partial charge < -0.3 is 10.1 Å². The Balaban J connectivity index is 0.000000338. The third kappa shape index (κ3) is 9.71. The number of hydrogen-bond acceptors (Lipinski definition) is 3. The molecule has 0 fully saturated rings. The molecule has 4 aromatic rings. The molecule has 1 aliphatic rings. The summed E-state index contributed by atoms with van der Waals surface area (Å²) in [7, 11) is 0. The first-order valence-corrected chi connectivity index (χ1v) is 16.2. The van der Waals surface area contributed by atoms with Gasteiger partial charge >= 0.3 is 0 Å². The molecule has 1 aromatic heterocycles. The van der Waals surface area contributed by atoms with Gasteiger partial charge in [0.05, 0.1) is 5.76 Å². The van der Waals surface area contributed by atoms with Gasteiger partial charge in [0.2, 0.25) is 0 Å². The van der Waals surface area contributed by atoms with Crippen molar-refractivity contribution in [3.63, 3.8) is 0 Å².